The molecule has 1 atom stereocenters. The van der Waals surface area contributed by atoms with Crippen LogP contribution in [0.1, 0.15) is 33.1 Å². The Morgan fingerprint density at radius 3 is 2.80 bits per heavy atom. The van der Waals surface area contributed by atoms with Crippen LogP contribution in [-0.4, -0.2) is 63.3 Å². The van der Waals surface area contributed by atoms with Crippen LogP contribution in [0.25, 0.3) is 0 Å². The molecule has 0 bridgehead atoms. The van der Waals surface area contributed by atoms with Gasteiger partial charge in [-0.3, -0.25) is 9.89 Å². The zero-order chi connectivity index (χ0) is 13.9. The molecule has 1 saturated heterocycles. The van der Waals surface area contributed by atoms with E-state index in [9.17, 15) is 0 Å². The summed E-state index contributed by atoms with van der Waals surface area (Å²) in [5.74, 6) is 0.947. The average molecular weight is 398 g/mol. The van der Waals surface area contributed by atoms with E-state index in [2.05, 4.69) is 29.4 Å². The number of hydrogen-bond acceptors (Lipinski definition) is 3. The van der Waals surface area contributed by atoms with Gasteiger partial charge in [0.15, 0.2) is 5.96 Å². The highest BCUT2D eigenvalue weighted by molar-refractivity contribution is 14.0. The van der Waals surface area contributed by atoms with Gasteiger partial charge in [0.2, 0.25) is 0 Å². The van der Waals surface area contributed by atoms with E-state index < -0.39 is 0 Å². The number of halogens is 1. The van der Waals surface area contributed by atoms with Gasteiger partial charge in [-0.2, -0.15) is 0 Å². The fraction of sp³-hybridized carbons (Fsp3) is 0.929. The van der Waals surface area contributed by atoms with E-state index in [0.29, 0.717) is 6.04 Å². The van der Waals surface area contributed by atoms with Crippen molar-refractivity contribution in [3.63, 3.8) is 0 Å². The van der Waals surface area contributed by atoms with Gasteiger partial charge in [0.05, 0.1) is 13.2 Å². The van der Waals surface area contributed by atoms with Crippen molar-refractivity contribution in [1.29, 1.82) is 0 Å². The highest BCUT2D eigenvalue weighted by Gasteiger charge is 2.23. The molecule has 0 spiro atoms. The minimum absolute atomic E-state index is 0. The minimum atomic E-state index is 0. The Morgan fingerprint density at radius 2 is 2.15 bits per heavy atom. The van der Waals surface area contributed by atoms with Crippen molar-refractivity contribution >= 4 is 29.9 Å². The average Bonchev–Trinajstić information content (AvgIpc) is 2.87. The number of nitrogens with zero attached hydrogens (tertiary/aromatic N) is 2. The summed E-state index contributed by atoms with van der Waals surface area (Å²) >= 11 is 0. The molecule has 6 heteroatoms. The van der Waals surface area contributed by atoms with Gasteiger partial charge in [-0.1, -0.05) is 6.92 Å². The molecule has 20 heavy (non-hydrogen) atoms. The molecule has 0 saturated carbocycles. The summed E-state index contributed by atoms with van der Waals surface area (Å²) in [6.07, 6.45) is 3.65. The van der Waals surface area contributed by atoms with Gasteiger partial charge in [0.25, 0.3) is 0 Å². The van der Waals surface area contributed by atoms with Crippen molar-refractivity contribution < 1.29 is 4.74 Å². The van der Waals surface area contributed by atoms with Crippen LogP contribution < -0.4 is 10.6 Å². The first-order valence-electron chi connectivity index (χ1n) is 7.57. The molecule has 1 fully saturated rings. The molecule has 1 rings (SSSR count). The van der Waals surface area contributed by atoms with Crippen LogP contribution >= 0.6 is 24.0 Å². The first kappa shape index (κ1) is 19.9. The Morgan fingerprint density at radius 1 is 1.35 bits per heavy atom. The number of ether oxygens (including phenoxy) is 1. The van der Waals surface area contributed by atoms with Gasteiger partial charge >= 0.3 is 0 Å². The second kappa shape index (κ2) is 12.6. The van der Waals surface area contributed by atoms with Crippen LogP contribution in [-0.2, 0) is 4.74 Å². The SMILES string of the molecule is CCCNC(=NCC1CCCN1CCOC)NCC.I. The first-order chi connectivity index (χ1) is 9.31. The van der Waals surface area contributed by atoms with Crippen molar-refractivity contribution in [2.45, 2.75) is 39.2 Å². The summed E-state index contributed by atoms with van der Waals surface area (Å²) in [7, 11) is 1.77. The lowest BCUT2D eigenvalue weighted by molar-refractivity contribution is 0.142. The maximum absolute atomic E-state index is 5.17. The second-order valence-electron chi connectivity index (χ2n) is 4.97. The normalized spacial score (nSPS) is 19.8. The van der Waals surface area contributed by atoms with Crippen LogP contribution in [0.15, 0.2) is 4.99 Å². The topological polar surface area (TPSA) is 48.9 Å². The second-order valence-corrected chi connectivity index (χ2v) is 4.97. The van der Waals surface area contributed by atoms with E-state index in [4.69, 9.17) is 9.73 Å². The van der Waals surface area contributed by atoms with Crippen LogP contribution in [0.2, 0.25) is 0 Å². The van der Waals surface area contributed by atoms with Gasteiger partial charge in [0.1, 0.15) is 0 Å². The smallest absolute Gasteiger partial charge is 0.191 e. The molecule has 0 aromatic heterocycles. The lowest BCUT2D eigenvalue weighted by Crippen LogP contribution is -2.40. The maximum atomic E-state index is 5.17. The van der Waals surface area contributed by atoms with Gasteiger partial charge in [-0.25, -0.2) is 0 Å². The van der Waals surface area contributed by atoms with Crippen LogP contribution in [0.5, 0.6) is 0 Å². The van der Waals surface area contributed by atoms with Crippen molar-refractivity contribution in [3.05, 3.63) is 0 Å². The molecule has 1 aliphatic rings. The molecule has 5 nitrogen and oxygen atoms in total. The third kappa shape index (κ3) is 7.64. The maximum Gasteiger partial charge on any atom is 0.191 e. The molecule has 2 N–H and O–H groups in total. The summed E-state index contributed by atoms with van der Waals surface area (Å²) in [5, 5.41) is 6.64. The minimum Gasteiger partial charge on any atom is -0.383 e. The van der Waals surface area contributed by atoms with E-state index in [1.807, 2.05) is 0 Å². The van der Waals surface area contributed by atoms with Crippen LogP contribution in [0.3, 0.4) is 0 Å². The summed E-state index contributed by atoms with van der Waals surface area (Å²) in [4.78, 5) is 7.20. The van der Waals surface area contributed by atoms with Gasteiger partial charge in [0, 0.05) is 32.8 Å². The molecule has 0 amide bonds. The Hall–Kier alpha value is -0.0800. The summed E-state index contributed by atoms with van der Waals surface area (Å²) < 4.78 is 5.17. The number of nitrogens with one attached hydrogen (secondary N) is 2. The van der Waals surface area contributed by atoms with Gasteiger partial charge in [-0.05, 0) is 32.7 Å². The molecule has 0 radical (unpaired) electrons. The number of likely N-dealkylation sites (tertiary alicyclic amines) is 1. The summed E-state index contributed by atoms with van der Waals surface area (Å²) in [5.41, 5.74) is 0. The Balaban J connectivity index is 0.00000361. The molecule has 120 valence electrons. The zero-order valence-electron chi connectivity index (χ0n) is 13.2. The summed E-state index contributed by atoms with van der Waals surface area (Å²) in [6.45, 7) is 10.1. The summed E-state index contributed by atoms with van der Waals surface area (Å²) in [6, 6.07) is 0.576. The number of guanidine groups is 1. The van der Waals surface area contributed by atoms with E-state index in [-0.39, 0.29) is 24.0 Å². The highest BCUT2D eigenvalue weighted by atomic mass is 127. The third-order valence-electron chi connectivity index (χ3n) is 3.43. The van der Waals surface area contributed by atoms with Crippen molar-refractivity contribution in [3.8, 4) is 0 Å². The molecule has 0 aromatic rings. The molecular formula is C14H31IN4O. The van der Waals surface area contributed by atoms with E-state index in [1.54, 1.807) is 7.11 Å². The largest absolute Gasteiger partial charge is 0.383 e. The van der Waals surface area contributed by atoms with Gasteiger partial charge in [-0.15, -0.1) is 24.0 Å². The lowest BCUT2D eigenvalue weighted by atomic mass is 10.2. The number of rotatable bonds is 8. The predicted octanol–water partition coefficient (Wildman–Crippen LogP) is 1.68. The standard InChI is InChI=1S/C14H30N4O.HI/c1-4-8-16-14(15-5-2)17-12-13-7-6-9-18(13)10-11-19-3;/h13H,4-12H2,1-3H3,(H2,15,16,17);1H. The quantitative estimate of drug-likeness (QED) is 0.371. The molecular weight excluding hydrogens is 367 g/mol. The van der Waals surface area contributed by atoms with E-state index >= 15 is 0 Å². The third-order valence-corrected chi connectivity index (χ3v) is 3.43. The number of aliphatic imine (C=N–C) groups is 1. The molecule has 0 aromatic carbocycles. The van der Waals surface area contributed by atoms with Crippen LogP contribution in [0, 0.1) is 0 Å². The predicted molar refractivity (Wildman–Crippen MR) is 96.2 cm³/mol. The first-order valence-corrected chi connectivity index (χ1v) is 7.57. The Labute approximate surface area is 140 Å². The highest BCUT2D eigenvalue weighted by Crippen LogP contribution is 2.16. The molecule has 0 aliphatic carbocycles. The van der Waals surface area contributed by atoms with Crippen molar-refractivity contribution in [2.75, 3.05) is 46.4 Å². The Bertz CT molecular complexity index is 264. The number of methoxy groups -OCH3 is 1. The zero-order valence-corrected chi connectivity index (χ0v) is 15.5. The Kier molecular flexibility index (Phi) is 12.6. The van der Waals surface area contributed by atoms with Gasteiger partial charge < -0.3 is 15.4 Å². The fourth-order valence-electron chi connectivity index (χ4n) is 2.39. The van der Waals surface area contributed by atoms with Crippen LogP contribution in [0.4, 0.5) is 0 Å². The van der Waals surface area contributed by atoms with E-state index in [0.717, 1.165) is 45.2 Å². The molecule has 1 aliphatic heterocycles. The monoisotopic (exact) mass is 398 g/mol. The fourth-order valence-corrected chi connectivity index (χ4v) is 2.39. The lowest BCUT2D eigenvalue weighted by Gasteiger charge is -2.23. The molecule has 1 unspecified atom stereocenters. The molecule has 1 heterocycles. The van der Waals surface area contributed by atoms with Crippen molar-refractivity contribution in [1.82, 2.24) is 15.5 Å². The van der Waals surface area contributed by atoms with E-state index in [1.165, 1.54) is 19.4 Å². The van der Waals surface area contributed by atoms with Crippen molar-refractivity contribution in [2.24, 2.45) is 4.99 Å². The number of hydrogen-bond donors (Lipinski definition) is 2.